The standard InChI is InChI=1S/C30H35F3N2O5.ClH/c31-30(32,33)40-27-15-20(8-10-25(27)21-5-2-1-3-6-21)19-39-24-9-11-26-22(16-24)12-14-35(26)28(36)18-34-13-4-7-23(17-34)29(37)38;/h8-11,15-16,21,23H,1-7,12-14,17-19H2,(H,37,38);1H/t23-;/m1./s1. The van der Waals surface area contributed by atoms with Gasteiger partial charge in [-0.25, -0.2) is 0 Å². The number of halogens is 4. The molecule has 7 nitrogen and oxygen atoms in total. The fraction of sp³-hybridized carbons (Fsp3) is 0.533. The molecule has 0 unspecified atom stereocenters. The molecular weight excluding hydrogens is 561 g/mol. The molecule has 2 aromatic rings. The summed E-state index contributed by atoms with van der Waals surface area (Å²) in [6, 6.07) is 10.4. The maximum atomic E-state index is 13.2. The van der Waals surface area contributed by atoms with Crippen molar-refractivity contribution >= 4 is 30.0 Å². The number of piperidine rings is 1. The third-order valence-electron chi connectivity index (χ3n) is 8.22. The second-order valence-electron chi connectivity index (χ2n) is 11.0. The summed E-state index contributed by atoms with van der Waals surface area (Å²) in [5.74, 6) is -0.826. The molecule has 5 rings (SSSR count). The zero-order valence-corrected chi connectivity index (χ0v) is 23.6. The number of benzene rings is 2. The Hall–Kier alpha value is -2.98. The van der Waals surface area contributed by atoms with Gasteiger partial charge in [0, 0.05) is 18.8 Å². The van der Waals surface area contributed by atoms with Crippen molar-refractivity contribution in [3.63, 3.8) is 0 Å². The van der Waals surface area contributed by atoms with Crippen molar-refractivity contribution in [3.05, 3.63) is 53.1 Å². The first-order valence-electron chi connectivity index (χ1n) is 14.1. The number of rotatable bonds is 8. The van der Waals surface area contributed by atoms with E-state index < -0.39 is 18.2 Å². The number of anilines is 1. The summed E-state index contributed by atoms with van der Waals surface area (Å²) in [5.41, 5.74) is 2.95. The van der Waals surface area contributed by atoms with Gasteiger partial charge in [0.25, 0.3) is 0 Å². The van der Waals surface area contributed by atoms with Crippen LogP contribution in [0.5, 0.6) is 11.5 Å². The Kier molecular flexibility index (Phi) is 10.1. The second-order valence-corrected chi connectivity index (χ2v) is 11.0. The van der Waals surface area contributed by atoms with Gasteiger partial charge in [-0.2, -0.15) is 0 Å². The molecule has 224 valence electrons. The number of fused-ring (bicyclic) bond motifs is 1. The van der Waals surface area contributed by atoms with Crippen molar-refractivity contribution in [1.82, 2.24) is 4.90 Å². The minimum absolute atomic E-state index is 0. The Morgan fingerprint density at radius 3 is 2.49 bits per heavy atom. The van der Waals surface area contributed by atoms with Gasteiger partial charge in [-0.1, -0.05) is 31.4 Å². The van der Waals surface area contributed by atoms with Crippen LogP contribution in [-0.2, 0) is 22.6 Å². The number of likely N-dealkylation sites (tertiary alicyclic amines) is 1. The number of aliphatic carboxylic acids is 1. The quantitative estimate of drug-likeness (QED) is 0.384. The fourth-order valence-electron chi connectivity index (χ4n) is 6.20. The molecule has 1 atom stereocenters. The monoisotopic (exact) mass is 596 g/mol. The van der Waals surface area contributed by atoms with Crippen LogP contribution in [0.1, 0.15) is 67.6 Å². The number of hydrogen-bond acceptors (Lipinski definition) is 5. The van der Waals surface area contributed by atoms with Gasteiger partial charge in [-0.05, 0) is 85.5 Å². The number of carbonyl (C=O) groups is 2. The van der Waals surface area contributed by atoms with Crippen LogP contribution in [0.3, 0.4) is 0 Å². The number of carbonyl (C=O) groups excluding carboxylic acids is 1. The van der Waals surface area contributed by atoms with Crippen molar-refractivity contribution < 1.29 is 37.3 Å². The molecule has 2 aliphatic heterocycles. The third kappa shape index (κ3) is 7.86. The van der Waals surface area contributed by atoms with E-state index in [4.69, 9.17) is 4.74 Å². The van der Waals surface area contributed by atoms with Crippen LogP contribution in [0.25, 0.3) is 0 Å². The second kappa shape index (κ2) is 13.3. The predicted molar refractivity (Wildman–Crippen MR) is 150 cm³/mol. The van der Waals surface area contributed by atoms with E-state index in [-0.39, 0.29) is 43.1 Å². The number of carboxylic acid groups (broad SMARTS) is 1. The lowest BCUT2D eigenvalue weighted by atomic mass is 9.83. The molecule has 0 bridgehead atoms. The zero-order valence-electron chi connectivity index (χ0n) is 22.8. The summed E-state index contributed by atoms with van der Waals surface area (Å²) in [5, 5.41) is 9.31. The highest BCUT2D eigenvalue weighted by molar-refractivity contribution is 5.97. The van der Waals surface area contributed by atoms with E-state index in [1.54, 1.807) is 23.1 Å². The molecule has 1 saturated heterocycles. The number of amides is 1. The highest BCUT2D eigenvalue weighted by atomic mass is 35.5. The van der Waals surface area contributed by atoms with Crippen LogP contribution >= 0.6 is 12.4 Å². The Bertz CT molecular complexity index is 1240. The summed E-state index contributed by atoms with van der Waals surface area (Å²) in [7, 11) is 0. The van der Waals surface area contributed by atoms with Crippen molar-refractivity contribution in [2.24, 2.45) is 5.92 Å². The first kappa shape index (κ1) is 31.0. The van der Waals surface area contributed by atoms with E-state index in [0.717, 1.165) is 49.8 Å². The minimum atomic E-state index is -4.77. The molecular formula is C30H36ClF3N2O5. The number of hydrogen-bond donors (Lipinski definition) is 1. The van der Waals surface area contributed by atoms with E-state index in [9.17, 15) is 27.9 Å². The van der Waals surface area contributed by atoms with Gasteiger partial charge < -0.3 is 19.5 Å². The smallest absolute Gasteiger partial charge is 0.489 e. The van der Waals surface area contributed by atoms with Crippen LogP contribution < -0.4 is 14.4 Å². The number of alkyl halides is 3. The van der Waals surface area contributed by atoms with Gasteiger partial charge in [-0.3, -0.25) is 14.5 Å². The lowest BCUT2D eigenvalue weighted by Crippen LogP contribution is -2.45. The maximum Gasteiger partial charge on any atom is 0.573 e. The molecule has 0 aromatic heterocycles. The van der Waals surface area contributed by atoms with Gasteiger partial charge in [0.1, 0.15) is 18.1 Å². The molecule has 1 N–H and O–H groups in total. The molecule has 11 heteroatoms. The third-order valence-corrected chi connectivity index (χ3v) is 8.22. The lowest BCUT2D eigenvalue weighted by Gasteiger charge is -2.31. The van der Waals surface area contributed by atoms with E-state index in [0.29, 0.717) is 49.4 Å². The van der Waals surface area contributed by atoms with Crippen LogP contribution in [0.4, 0.5) is 18.9 Å². The predicted octanol–water partition coefficient (Wildman–Crippen LogP) is 6.32. The van der Waals surface area contributed by atoms with Gasteiger partial charge in [0.15, 0.2) is 0 Å². The highest BCUT2D eigenvalue weighted by Crippen LogP contribution is 2.40. The Labute approximate surface area is 244 Å². The molecule has 2 fully saturated rings. The van der Waals surface area contributed by atoms with Crippen LogP contribution in [0.15, 0.2) is 36.4 Å². The summed E-state index contributed by atoms with van der Waals surface area (Å²) < 4.78 is 49.8. The Morgan fingerprint density at radius 2 is 1.76 bits per heavy atom. The van der Waals surface area contributed by atoms with Gasteiger partial charge in [0.05, 0.1) is 12.5 Å². The lowest BCUT2D eigenvalue weighted by molar-refractivity contribution is -0.275. The van der Waals surface area contributed by atoms with Crippen LogP contribution in [-0.4, -0.2) is 54.4 Å². The zero-order chi connectivity index (χ0) is 28.3. The highest BCUT2D eigenvalue weighted by Gasteiger charge is 2.34. The largest absolute Gasteiger partial charge is 0.573 e. The number of nitrogens with zero attached hydrogens (tertiary/aromatic N) is 2. The number of carboxylic acids is 1. The average Bonchev–Trinajstić information content (AvgIpc) is 3.35. The first-order valence-corrected chi connectivity index (χ1v) is 14.1. The topological polar surface area (TPSA) is 79.3 Å². The minimum Gasteiger partial charge on any atom is -0.489 e. The average molecular weight is 597 g/mol. The van der Waals surface area contributed by atoms with E-state index in [1.165, 1.54) is 6.07 Å². The molecule has 3 aliphatic rings. The van der Waals surface area contributed by atoms with E-state index in [1.807, 2.05) is 17.0 Å². The molecule has 1 amide bonds. The van der Waals surface area contributed by atoms with Crippen LogP contribution in [0, 0.1) is 5.92 Å². The molecule has 1 aliphatic carbocycles. The van der Waals surface area contributed by atoms with Crippen molar-refractivity contribution in [1.29, 1.82) is 0 Å². The van der Waals surface area contributed by atoms with Gasteiger partial charge >= 0.3 is 12.3 Å². The molecule has 0 radical (unpaired) electrons. The molecule has 1 saturated carbocycles. The van der Waals surface area contributed by atoms with Crippen molar-refractivity contribution in [2.75, 3.05) is 31.1 Å². The first-order chi connectivity index (χ1) is 19.2. The molecule has 0 spiro atoms. The Morgan fingerprint density at radius 1 is 0.976 bits per heavy atom. The molecule has 41 heavy (non-hydrogen) atoms. The fourth-order valence-corrected chi connectivity index (χ4v) is 6.20. The Balaban J connectivity index is 0.00000387. The maximum absolute atomic E-state index is 13.2. The van der Waals surface area contributed by atoms with Crippen molar-refractivity contribution in [3.8, 4) is 11.5 Å². The summed E-state index contributed by atoms with van der Waals surface area (Å²) in [6.45, 7) is 1.89. The summed E-state index contributed by atoms with van der Waals surface area (Å²) in [6.07, 6.45) is 2.13. The molecule has 2 aromatic carbocycles. The van der Waals surface area contributed by atoms with Crippen molar-refractivity contribution in [2.45, 2.75) is 70.3 Å². The van der Waals surface area contributed by atoms with Gasteiger partial charge in [0.2, 0.25) is 5.91 Å². The number of ether oxygens (including phenoxy) is 2. The normalized spacial score (nSPS) is 19.8. The summed E-state index contributed by atoms with van der Waals surface area (Å²) in [4.78, 5) is 28.0. The van der Waals surface area contributed by atoms with Crippen LogP contribution in [0.2, 0.25) is 0 Å². The SMILES string of the molecule is Cl.O=C(O)[C@@H]1CCCN(CC(=O)N2CCc3cc(OCc4ccc(C5CCCCC5)c(OC(F)(F)F)c4)ccc32)C1. The van der Waals surface area contributed by atoms with Gasteiger partial charge in [-0.15, -0.1) is 25.6 Å². The summed E-state index contributed by atoms with van der Waals surface area (Å²) >= 11 is 0. The molecule has 2 heterocycles. The van der Waals surface area contributed by atoms with E-state index >= 15 is 0 Å². The van der Waals surface area contributed by atoms with E-state index in [2.05, 4.69) is 4.74 Å².